The molecule has 0 atom stereocenters. The van der Waals surface area contributed by atoms with Crippen LogP contribution in [0, 0.1) is 0 Å². The van der Waals surface area contributed by atoms with Gasteiger partial charge in [0.1, 0.15) is 11.4 Å². The summed E-state index contributed by atoms with van der Waals surface area (Å²) in [6.07, 6.45) is 5.54. The molecular formula is C19H21N3O2S. The van der Waals surface area contributed by atoms with Crippen molar-refractivity contribution in [3.05, 3.63) is 51.6 Å². The second-order valence-electron chi connectivity index (χ2n) is 6.42. The molecule has 1 aliphatic rings. The molecule has 5 nitrogen and oxygen atoms in total. The molecule has 4 rings (SSSR count). The van der Waals surface area contributed by atoms with Crippen LogP contribution >= 0.6 is 11.8 Å². The number of fused-ring (bicyclic) bond motifs is 2. The van der Waals surface area contributed by atoms with Gasteiger partial charge in [0, 0.05) is 30.2 Å². The molecule has 0 saturated carbocycles. The summed E-state index contributed by atoms with van der Waals surface area (Å²) in [5, 5.41) is 10.6. The van der Waals surface area contributed by atoms with Gasteiger partial charge < -0.3 is 8.98 Å². The topological polar surface area (TPSA) is 60.9 Å². The van der Waals surface area contributed by atoms with Crippen LogP contribution in [0.5, 0.6) is 0 Å². The summed E-state index contributed by atoms with van der Waals surface area (Å²) in [7, 11) is 0. The van der Waals surface area contributed by atoms with E-state index >= 15 is 0 Å². The molecule has 0 saturated heterocycles. The summed E-state index contributed by atoms with van der Waals surface area (Å²) in [6, 6.07) is 7.71. The molecule has 2 aromatic heterocycles. The van der Waals surface area contributed by atoms with Gasteiger partial charge in [0.05, 0.1) is 0 Å². The van der Waals surface area contributed by atoms with Crippen LogP contribution in [0.15, 0.2) is 38.6 Å². The number of hydrogen-bond acceptors (Lipinski definition) is 5. The lowest BCUT2D eigenvalue weighted by Gasteiger charge is -2.08. The van der Waals surface area contributed by atoms with Crippen LogP contribution < -0.4 is 5.63 Å². The number of thioether (sulfide) groups is 1. The fourth-order valence-electron chi connectivity index (χ4n) is 3.32. The second-order valence-corrected chi connectivity index (χ2v) is 7.37. The van der Waals surface area contributed by atoms with Gasteiger partial charge in [0.25, 0.3) is 0 Å². The summed E-state index contributed by atoms with van der Waals surface area (Å²) in [6.45, 7) is 3.08. The highest BCUT2D eigenvalue weighted by Crippen LogP contribution is 2.28. The lowest BCUT2D eigenvalue weighted by Crippen LogP contribution is -2.03. The predicted octanol–water partition coefficient (Wildman–Crippen LogP) is 3.97. The largest absolute Gasteiger partial charge is 0.423 e. The molecule has 0 spiro atoms. The fraction of sp³-hybridized carbons (Fsp3) is 0.421. The van der Waals surface area contributed by atoms with Crippen LogP contribution in [0.2, 0.25) is 0 Å². The Labute approximate surface area is 150 Å². The van der Waals surface area contributed by atoms with E-state index < -0.39 is 0 Å². The van der Waals surface area contributed by atoms with Crippen molar-refractivity contribution >= 4 is 22.7 Å². The van der Waals surface area contributed by atoms with Crippen LogP contribution in [-0.4, -0.2) is 14.8 Å². The molecule has 25 heavy (non-hydrogen) atoms. The first-order chi connectivity index (χ1) is 12.2. The molecule has 0 bridgehead atoms. The van der Waals surface area contributed by atoms with E-state index in [9.17, 15) is 4.79 Å². The summed E-state index contributed by atoms with van der Waals surface area (Å²) in [5.74, 6) is 1.77. The molecule has 0 fully saturated rings. The zero-order valence-electron chi connectivity index (χ0n) is 14.3. The Hall–Kier alpha value is -2.08. The summed E-state index contributed by atoms with van der Waals surface area (Å²) in [5.41, 5.74) is 2.53. The number of aryl methyl sites for hydroxylation is 2. The predicted molar refractivity (Wildman–Crippen MR) is 99.0 cm³/mol. The Morgan fingerprint density at radius 1 is 1.20 bits per heavy atom. The first-order valence-corrected chi connectivity index (χ1v) is 9.83. The van der Waals surface area contributed by atoms with E-state index in [2.05, 4.69) is 33.8 Å². The van der Waals surface area contributed by atoms with Crippen molar-refractivity contribution in [3.8, 4) is 0 Å². The van der Waals surface area contributed by atoms with Crippen LogP contribution in [0.25, 0.3) is 11.0 Å². The van der Waals surface area contributed by atoms with E-state index in [4.69, 9.17) is 4.42 Å². The Morgan fingerprint density at radius 3 is 3.00 bits per heavy atom. The van der Waals surface area contributed by atoms with Crippen molar-refractivity contribution in [1.29, 1.82) is 0 Å². The third-order valence-corrected chi connectivity index (χ3v) is 5.75. The lowest BCUT2D eigenvalue weighted by molar-refractivity contribution is 0.559. The highest BCUT2D eigenvalue weighted by molar-refractivity contribution is 7.98. The quantitative estimate of drug-likeness (QED) is 0.523. The molecule has 1 aromatic carbocycles. The normalized spacial score (nSPS) is 14.4. The lowest BCUT2D eigenvalue weighted by atomic mass is 10.1. The van der Waals surface area contributed by atoms with E-state index in [1.807, 2.05) is 6.07 Å². The standard InChI is InChI=1S/C19H21N3O2S/c1-2-13-7-8-15-14(11-18(23)24-16(15)10-13)12-25-19-21-20-17-6-4-3-5-9-22(17)19/h7-8,10-11H,2-6,9,12H2,1H3. The minimum absolute atomic E-state index is 0.295. The number of aromatic nitrogens is 3. The first-order valence-electron chi connectivity index (χ1n) is 8.85. The molecule has 0 N–H and O–H groups in total. The number of nitrogens with zero attached hydrogens (tertiary/aromatic N) is 3. The van der Waals surface area contributed by atoms with E-state index in [-0.39, 0.29) is 5.63 Å². The highest BCUT2D eigenvalue weighted by atomic mass is 32.2. The maximum absolute atomic E-state index is 11.9. The monoisotopic (exact) mass is 355 g/mol. The number of rotatable bonds is 4. The van der Waals surface area contributed by atoms with Crippen molar-refractivity contribution in [3.63, 3.8) is 0 Å². The van der Waals surface area contributed by atoms with Crippen LogP contribution in [0.3, 0.4) is 0 Å². The summed E-state index contributed by atoms with van der Waals surface area (Å²) >= 11 is 1.65. The molecule has 130 valence electrons. The van der Waals surface area contributed by atoms with Crippen LogP contribution in [0.1, 0.15) is 43.1 Å². The first kappa shape index (κ1) is 16.4. The van der Waals surface area contributed by atoms with Crippen LogP contribution in [-0.2, 0) is 25.1 Å². The Balaban J connectivity index is 1.63. The Bertz CT molecular complexity index is 961. The van der Waals surface area contributed by atoms with E-state index in [1.54, 1.807) is 17.8 Å². The number of hydrogen-bond donors (Lipinski definition) is 0. The summed E-state index contributed by atoms with van der Waals surface area (Å²) in [4.78, 5) is 11.9. The molecule has 6 heteroatoms. The molecule has 0 unspecified atom stereocenters. The van der Waals surface area contributed by atoms with Gasteiger partial charge in [-0.15, -0.1) is 10.2 Å². The van der Waals surface area contributed by atoms with Gasteiger partial charge in [0.2, 0.25) is 0 Å². The van der Waals surface area contributed by atoms with Gasteiger partial charge in [-0.1, -0.05) is 37.2 Å². The van der Waals surface area contributed by atoms with Gasteiger partial charge in [0.15, 0.2) is 5.16 Å². The van der Waals surface area contributed by atoms with Crippen LogP contribution in [0.4, 0.5) is 0 Å². The smallest absolute Gasteiger partial charge is 0.336 e. The zero-order chi connectivity index (χ0) is 17.2. The maximum atomic E-state index is 11.9. The molecule has 3 heterocycles. The third kappa shape index (κ3) is 3.35. The highest BCUT2D eigenvalue weighted by Gasteiger charge is 2.16. The summed E-state index contributed by atoms with van der Waals surface area (Å²) < 4.78 is 7.63. The van der Waals surface area contributed by atoms with E-state index in [1.165, 1.54) is 24.8 Å². The Morgan fingerprint density at radius 2 is 2.12 bits per heavy atom. The number of benzene rings is 1. The third-order valence-electron chi connectivity index (χ3n) is 4.74. The van der Waals surface area contributed by atoms with E-state index in [0.29, 0.717) is 11.3 Å². The zero-order valence-corrected chi connectivity index (χ0v) is 15.1. The van der Waals surface area contributed by atoms with Crippen molar-refractivity contribution in [1.82, 2.24) is 14.8 Å². The molecule has 0 amide bonds. The molecule has 1 aliphatic heterocycles. The van der Waals surface area contributed by atoms with Crippen molar-refractivity contribution < 1.29 is 4.42 Å². The second kappa shape index (κ2) is 7.04. The molecular weight excluding hydrogens is 334 g/mol. The molecule has 3 aromatic rings. The Kier molecular flexibility index (Phi) is 4.61. The fourth-order valence-corrected chi connectivity index (χ4v) is 4.30. The van der Waals surface area contributed by atoms with Gasteiger partial charge >= 0.3 is 5.63 Å². The van der Waals surface area contributed by atoms with Crippen molar-refractivity contribution in [2.24, 2.45) is 0 Å². The van der Waals surface area contributed by atoms with Gasteiger partial charge in [-0.3, -0.25) is 0 Å². The average Bonchev–Trinajstić information content (AvgIpc) is 2.85. The van der Waals surface area contributed by atoms with Gasteiger partial charge in [-0.25, -0.2) is 4.79 Å². The molecule has 0 radical (unpaired) electrons. The van der Waals surface area contributed by atoms with Crippen molar-refractivity contribution in [2.75, 3.05) is 0 Å². The van der Waals surface area contributed by atoms with E-state index in [0.717, 1.165) is 41.3 Å². The van der Waals surface area contributed by atoms with Gasteiger partial charge in [-0.2, -0.15) is 0 Å². The average molecular weight is 355 g/mol. The minimum Gasteiger partial charge on any atom is -0.423 e. The molecule has 0 aliphatic carbocycles. The van der Waals surface area contributed by atoms with Gasteiger partial charge in [-0.05, 0) is 36.5 Å². The van der Waals surface area contributed by atoms with Crippen molar-refractivity contribution in [2.45, 2.75) is 56.5 Å². The maximum Gasteiger partial charge on any atom is 0.336 e. The minimum atomic E-state index is -0.295. The SMILES string of the molecule is CCc1ccc2c(CSc3nnc4n3CCCCC4)cc(=O)oc2c1.